The number of ether oxygens (including phenoxy) is 2. The monoisotopic (exact) mass is 366 g/mol. The first-order chi connectivity index (χ1) is 11.9. The minimum absolute atomic E-state index is 0.0581. The fourth-order valence-electron chi connectivity index (χ4n) is 3.30. The second kappa shape index (κ2) is 6.97. The molecule has 1 aliphatic heterocycles. The molecule has 8 nitrogen and oxygen atoms in total. The Hall–Kier alpha value is -2.19. The molecule has 2 aromatic rings. The molecule has 1 fully saturated rings. The summed E-state index contributed by atoms with van der Waals surface area (Å²) in [7, 11) is 0. The van der Waals surface area contributed by atoms with Crippen molar-refractivity contribution in [3.05, 3.63) is 23.2 Å². The van der Waals surface area contributed by atoms with Crippen LogP contribution >= 0.6 is 11.6 Å². The van der Waals surface area contributed by atoms with Crippen LogP contribution in [0.1, 0.15) is 32.4 Å². The zero-order valence-electron chi connectivity index (χ0n) is 14.1. The number of hydrogen-bond donors (Lipinski definition) is 2. The Balaban J connectivity index is 1.91. The van der Waals surface area contributed by atoms with E-state index in [1.165, 1.54) is 20.2 Å². The third kappa shape index (κ3) is 3.45. The van der Waals surface area contributed by atoms with Gasteiger partial charge >= 0.3 is 11.9 Å². The molecular formula is C16H19ClN4O4. The van der Waals surface area contributed by atoms with Crippen LogP contribution in [0.25, 0.3) is 11.0 Å². The van der Waals surface area contributed by atoms with E-state index in [0.717, 1.165) is 5.56 Å². The molecular weight excluding hydrogens is 348 g/mol. The molecule has 0 aliphatic carbocycles. The van der Waals surface area contributed by atoms with Gasteiger partial charge in [-0.15, -0.1) is 0 Å². The highest BCUT2D eigenvalue weighted by atomic mass is 35.5. The SMILES string of the molecule is CC(=O)OCC1NC(c2c[nH]c3c(Cl)ncnc23)C(C)C1OC(C)=O. The van der Waals surface area contributed by atoms with Crippen LogP contribution in [-0.4, -0.2) is 45.6 Å². The van der Waals surface area contributed by atoms with Crippen LogP contribution in [0.5, 0.6) is 0 Å². The highest BCUT2D eigenvalue weighted by molar-refractivity contribution is 6.33. The Morgan fingerprint density at radius 1 is 1.28 bits per heavy atom. The number of carbonyl (C=O) groups is 2. The Morgan fingerprint density at radius 3 is 2.72 bits per heavy atom. The van der Waals surface area contributed by atoms with Gasteiger partial charge in [-0.2, -0.15) is 0 Å². The van der Waals surface area contributed by atoms with Crippen molar-refractivity contribution < 1.29 is 19.1 Å². The van der Waals surface area contributed by atoms with Gasteiger partial charge in [-0.1, -0.05) is 18.5 Å². The summed E-state index contributed by atoms with van der Waals surface area (Å²) < 4.78 is 10.6. The Labute approximate surface area is 149 Å². The van der Waals surface area contributed by atoms with E-state index >= 15 is 0 Å². The quantitative estimate of drug-likeness (QED) is 0.627. The van der Waals surface area contributed by atoms with Crippen molar-refractivity contribution in [2.45, 2.75) is 39.0 Å². The second-order valence-corrected chi connectivity index (χ2v) is 6.48. The van der Waals surface area contributed by atoms with Gasteiger partial charge in [-0.25, -0.2) is 9.97 Å². The number of aromatic amines is 1. The molecule has 3 heterocycles. The lowest BCUT2D eigenvalue weighted by molar-refractivity contribution is -0.150. The van der Waals surface area contributed by atoms with Crippen molar-refractivity contribution in [3.63, 3.8) is 0 Å². The number of nitrogens with one attached hydrogen (secondary N) is 2. The number of hydrogen-bond acceptors (Lipinski definition) is 7. The normalized spacial score (nSPS) is 25.9. The number of carbonyl (C=O) groups excluding carboxylic acids is 2. The van der Waals surface area contributed by atoms with Crippen molar-refractivity contribution in [1.82, 2.24) is 20.3 Å². The summed E-state index contributed by atoms with van der Waals surface area (Å²) >= 11 is 6.09. The Morgan fingerprint density at radius 2 is 2.04 bits per heavy atom. The van der Waals surface area contributed by atoms with Crippen LogP contribution in [-0.2, 0) is 19.1 Å². The molecule has 0 spiro atoms. The maximum Gasteiger partial charge on any atom is 0.302 e. The van der Waals surface area contributed by atoms with E-state index in [9.17, 15) is 9.59 Å². The van der Waals surface area contributed by atoms with Gasteiger partial charge in [0.25, 0.3) is 0 Å². The van der Waals surface area contributed by atoms with E-state index in [4.69, 9.17) is 21.1 Å². The molecule has 9 heteroatoms. The van der Waals surface area contributed by atoms with Gasteiger partial charge in [0, 0.05) is 37.6 Å². The summed E-state index contributed by atoms with van der Waals surface area (Å²) in [5.41, 5.74) is 2.26. The minimum Gasteiger partial charge on any atom is -0.464 e. The summed E-state index contributed by atoms with van der Waals surface area (Å²) in [6, 6.07) is -0.459. The zero-order valence-corrected chi connectivity index (χ0v) is 14.8. The van der Waals surface area contributed by atoms with E-state index in [2.05, 4.69) is 20.3 Å². The number of nitrogens with zero attached hydrogens (tertiary/aromatic N) is 2. The average molecular weight is 367 g/mol. The van der Waals surface area contributed by atoms with Crippen molar-refractivity contribution in [3.8, 4) is 0 Å². The van der Waals surface area contributed by atoms with E-state index in [0.29, 0.717) is 16.2 Å². The molecule has 134 valence electrons. The molecule has 0 amide bonds. The number of fused-ring (bicyclic) bond motifs is 1. The zero-order chi connectivity index (χ0) is 18.1. The van der Waals surface area contributed by atoms with Crippen LogP contribution in [0, 0.1) is 5.92 Å². The number of H-pyrrole nitrogens is 1. The van der Waals surface area contributed by atoms with Gasteiger partial charge in [0.05, 0.1) is 11.6 Å². The first kappa shape index (κ1) is 17.6. The lowest BCUT2D eigenvalue weighted by Gasteiger charge is -2.21. The van der Waals surface area contributed by atoms with E-state index in [1.54, 1.807) is 0 Å². The summed E-state index contributed by atoms with van der Waals surface area (Å²) in [5, 5.41) is 3.73. The van der Waals surface area contributed by atoms with Crippen molar-refractivity contribution >= 4 is 34.6 Å². The number of rotatable bonds is 4. The predicted octanol–water partition coefficient (Wildman–Crippen LogP) is 1.76. The van der Waals surface area contributed by atoms with E-state index < -0.39 is 6.10 Å². The standard InChI is InChI=1S/C16H19ClN4O4/c1-7-12(10-4-18-14-13(10)19-6-20-16(14)17)21-11(5-24-8(2)22)15(7)25-9(3)23/h4,6-7,11-12,15,18,21H,5H2,1-3H3. The van der Waals surface area contributed by atoms with Crippen LogP contribution in [0.2, 0.25) is 5.15 Å². The average Bonchev–Trinajstić information content (AvgIpc) is 3.09. The van der Waals surface area contributed by atoms with Crippen LogP contribution in [0.15, 0.2) is 12.5 Å². The molecule has 2 N–H and O–H groups in total. The van der Waals surface area contributed by atoms with Gasteiger partial charge < -0.3 is 19.8 Å². The predicted molar refractivity (Wildman–Crippen MR) is 89.9 cm³/mol. The molecule has 0 saturated carbocycles. The number of esters is 2. The van der Waals surface area contributed by atoms with Gasteiger partial charge in [0.15, 0.2) is 5.15 Å². The van der Waals surface area contributed by atoms with Crippen LogP contribution in [0.3, 0.4) is 0 Å². The highest BCUT2D eigenvalue weighted by Gasteiger charge is 2.44. The highest BCUT2D eigenvalue weighted by Crippen LogP contribution is 2.38. The van der Waals surface area contributed by atoms with Crippen molar-refractivity contribution in [2.24, 2.45) is 5.92 Å². The van der Waals surface area contributed by atoms with Gasteiger partial charge in [0.1, 0.15) is 24.6 Å². The Bertz CT molecular complexity index is 809. The maximum atomic E-state index is 11.5. The largest absolute Gasteiger partial charge is 0.464 e. The van der Waals surface area contributed by atoms with Crippen LogP contribution < -0.4 is 5.32 Å². The second-order valence-electron chi connectivity index (χ2n) is 6.12. The lowest BCUT2D eigenvalue weighted by atomic mass is 9.94. The summed E-state index contributed by atoms with van der Waals surface area (Å²) in [5.74, 6) is -0.820. The summed E-state index contributed by atoms with van der Waals surface area (Å²) in [6.45, 7) is 4.80. The fourth-order valence-corrected chi connectivity index (χ4v) is 3.49. The maximum absolute atomic E-state index is 11.5. The molecule has 1 saturated heterocycles. The first-order valence-corrected chi connectivity index (χ1v) is 8.30. The molecule has 1 aliphatic rings. The molecule has 4 unspecified atom stereocenters. The van der Waals surface area contributed by atoms with Gasteiger partial charge in [-0.3, -0.25) is 9.59 Å². The summed E-state index contributed by atoms with van der Waals surface area (Å²) in [6.07, 6.45) is 2.80. The van der Waals surface area contributed by atoms with Gasteiger partial charge in [0.2, 0.25) is 0 Å². The van der Waals surface area contributed by atoms with E-state index in [-0.39, 0.29) is 36.5 Å². The fraction of sp³-hybridized carbons (Fsp3) is 0.500. The third-order valence-electron chi connectivity index (χ3n) is 4.38. The molecule has 0 aromatic carbocycles. The topological polar surface area (TPSA) is 106 Å². The van der Waals surface area contributed by atoms with Crippen LogP contribution in [0.4, 0.5) is 0 Å². The molecule has 4 atom stereocenters. The van der Waals surface area contributed by atoms with Crippen molar-refractivity contribution in [1.29, 1.82) is 0 Å². The Kier molecular flexibility index (Phi) is 4.91. The van der Waals surface area contributed by atoms with E-state index in [1.807, 2.05) is 13.1 Å². The molecule has 0 bridgehead atoms. The number of halogens is 1. The minimum atomic E-state index is -0.427. The molecule has 3 rings (SSSR count). The lowest BCUT2D eigenvalue weighted by Crippen LogP contribution is -2.39. The van der Waals surface area contributed by atoms with Crippen molar-refractivity contribution in [2.75, 3.05) is 6.61 Å². The molecule has 25 heavy (non-hydrogen) atoms. The molecule has 2 aromatic heterocycles. The summed E-state index contributed by atoms with van der Waals surface area (Å²) in [4.78, 5) is 34.0. The third-order valence-corrected chi connectivity index (χ3v) is 4.67. The number of aromatic nitrogens is 3. The molecule has 0 radical (unpaired) electrons. The smallest absolute Gasteiger partial charge is 0.302 e. The van der Waals surface area contributed by atoms with Gasteiger partial charge in [-0.05, 0) is 0 Å². The first-order valence-electron chi connectivity index (χ1n) is 7.92.